The molecule has 1 saturated carbocycles. The lowest BCUT2D eigenvalue weighted by Gasteiger charge is -2.63. The Labute approximate surface area is 197 Å². The number of hydrogen-bond acceptors (Lipinski definition) is 7. The van der Waals surface area contributed by atoms with Crippen molar-refractivity contribution < 1.29 is 39.1 Å². The first kappa shape index (κ1) is 24.3. The van der Waals surface area contributed by atoms with E-state index in [1.807, 2.05) is 36.4 Å². The van der Waals surface area contributed by atoms with Gasteiger partial charge in [0.15, 0.2) is 6.29 Å². The fourth-order valence-electron chi connectivity index (χ4n) is 4.88. The Morgan fingerprint density at radius 3 is 2.32 bits per heavy atom. The molecular formula is C25H29NO8. The van der Waals surface area contributed by atoms with Crippen molar-refractivity contribution in [2.75, 3.05) is 6.61 Å². The van der Waals surface area contributed by atoms with Gasteiger partial charge < -0.3 is 34.8 Å². The van der Waals surface area contributed by atoms with E-state index in [-0.39, 0.29) is 19.6 Å². The molecule has 7 atom stereocenters. The highest BCUT2D eigenvalue weighted by Crippen LogP contribution is 2.54. The number of aliphatic hydroxyl groups is 2. The number of carboxylic acid groups (broad SMARTS) is 1. The number of nitrogens with one attached hydrogen (secondary N) is 1. The summed E-state index contributed by atoms with van der Waals surface area (Å²) in [7, 11) is 0. The van der Waals surface area contributed by atoms with Crippen molar-refractivity contribution in [2.24, 2.45) is 0 Å². The number of ether oxygens (including phenoxy) is 3. The van der Waals surface area contributed by atoms with E-state index < -0.39 is 54.0 Å². The maximum atomic E-state index is 12.1. The monoisotopic (exact) mass is 471 g/mol. The molecular weight excluding hydrogens is 442 g/mol. The molecule has 0 spiro atoms. The molecule has 1 aliphatic heterocycles. The highest BCUT2D eigenvalue weighted by Gasteiger charge is 2.72. The SMILES string of the molecule is CC(=O)N[C@H]1[C@H](OCc2ccccc2)O[C@@H]2C(O)C(c3ccccc3)[C@]2(O)[C@@H]1OCCC(=O)O. The summed E-state index contributed by atoms with van der Waals surface area (Å²) in [5, 5.41) is 34.6. The second kappa shape index (κ2) is 10.2. The second-order valence-corrected chi connectivity index (χ2v) is 8.65. The molecule has 0 aromatic heterocycles. The number of aliphatic hydroxyl groups excluding tert-OH is 1. The average molecular weight is 472 g/mol. The number of carbonyl (C=O) groups excluding carboxylic acids is 1. The van der Waals surface area contributed by atoms with E-state index in [4.69, 9.17) is 19.3 Å². The Morgan fingerprint density at radius 1 is 1.06 bits per heavy atom. The van der Waals surface area contributed by atoms with Crippen LogP contribution in [0.25, 0.3) is 0 Å². The minimum Gasteiger partial charge on any atom is -0.481 e. The summed E-state index contributed by atoms with van der Waals surface area (Å²) in [4.78, 5) is 23.2. The molecule has 1 heterocycles. The van der Waals surface area contributed by atoms with Crippen LogP contribution in [0.15, 0.2) is 60.7 Å². The molecule has 34 heavy (non-hydrogen) atoms. The average Bonchev–Trinajstić information content (AvgIpc) is 2.81. The van der Waals surface area contributed by atoms with E-state index >= 15 is 0 Å². The molecule has 2 aromatic rings. The van der Waals surface area contributed by atoms with Crippen molar-refractivity contribution in [1.29, 1.82) is 0 Å². The van der Waals surface area contributed by atoms with Crippen molar-refractivity contribution in [1.82, 2.24) is 5.32 Å². The summed E-state index contributed by atoms with van der Waals surface area (Å²) in [5.41, 5.74) is -0.179. The summed E-state index contributed by atoms with van der Waals surface area (Å²) >= 11 is 0. The Hall–Kier alpha value is -2.82. The Kier molecular flexibility index (Phi) is 7.30. The highest BCUT2D eigenvalue weighted by atomic mass is 16.7. The highest BCUT2D eigenvalue weighted by molar-refractivity contribution is 5.73. The van der Waals surface area contributed by atoms with Gasteiger partial charge in [0, 0.05) is 12.8 Å². The number of carboxylic acids is 1. The lowest BCUT2D eigenvalue weighted by molar-refractivity contribution is -0.374. The van der Waals surface area contributed by atoms with E-state index in [9.17, 15) is 19.8 Å². The van der Waals surface area contributed by atoms with Gasteiger partial charge in [-0.1, -0.05) is 60.7 Å². The Bertz CT molecular complexity index is 987. The number of hydrogen-bond donors (Lipinski definition) is 4. The topological polar surface area (TPSA) is 135 Å². The molecule has 1 amide bonds. The molecule has 182 valence electrons. The summed E-state index contributed by atoms with van der Waals surface area (Å²) < 4.78 is 17.9. The Morgan fingerprint density at radius 2 is 1.71 bits per heavy atom. The van der Waals surface area contributed by atoms with Crippen LogP contribution in [0.5, 0.6) is 0 Å². The van der Waals surface area contributed by atoms with Crippen LogP contribution >= 0.6 is 0 Å². The van der Waals surface area contributed by atoms with Crippen LogP contribution < -0.4 is 5.32 Å². The lowest BCUT2D eigenvalue weighted by Crippen LogP contribution is -2.82. The van der Waals surface area contributed by atoms with E-state index in [0.717, 1.165) is 5.56 Å². The van der Waals surface area contributed by atoms with Gasteiger partial charge in [-0.2, -0.15) is 0 Å². The minimum atomic E-state index is -1.72. The largest absolute Gasteiger partial charge is 0.481 e. The van der Waals surface area contributed by atoms with Crippen LogP contribution in [0.3, 0.4) is 0 Å². The van der Waals surface area contributed by atoms with Gasteiger partial charge in [-0.25, -0.2) is 0 Å². The van der Waals surface area contributed by atoms with Crippen LogP contribution in [0.2, 0.25) is 0 Å². The fourth-order valence-corrected chi connectivity index (χ4v) is 4.88. The van der Waals surface area contributed by atoms with Gasteiger partial charge in [-0.3, -0.25) is 9.59 Å². The third kappa shape index (κ3) is 4.70. The zero-order valence-corrected chi connectivity index (χ0v) is 18.7. The first-order chi connectivity index (χ1) is 16.3. The molecule has 4 N–H and O–H groups in total. The zero-order chi connectivity index (χ0) is 24.3. The number of benzene rings is 2. The predicted octanol–water partition coefficient (Wildman–Crippen LogP) is 1.18. The van der Waals surface area contributed by atoms with E-state index in [2.05, 4.69) is 5.32 Å². The number of fused-ring (bicyclic) bond motifs is 1. The van der Waals surface area contributed by atoms with Crippen LogP contribution in [0, 0.1) is 0 Å². The summed E-state index contributed by atoms with van der Waals surface area (Å²) in [5.74, 6) is -2.22. The van der Waals surface area contributed by atoms with E-state index in [0.29, 0.717) is 5.56 Å². The molecule has 2 aromatic carbocycles. The van der Waals surface area contributed by atoms with Gasteiger partial charge in [0.1, 0.15) is 23.9 Å². The van der Waals surface area contributed by atoms with Gasteiger partial charge in [-0.05, 0) is 11.1 Å². The molecule has 4 rings (SSSR count). The third-order valence-electron chi connectivity index (χ3n) is 6.36. The minimum absolute atomic E-state index is 0.160. The van der Waals surface area contributed by atoms with Crippen molar-refractivity contribution >= 4 is 11.9 Å². The molecule has 9 nitrogen and oxygen atoms in total. The van der Waals surface area contributed by atoms with Gasteiger partial charge in [0.2, 0.25) is 5.91 Å². The van der Waals surface area contributed by atoms with Crippen LogP contribution in [0.1, 0.15) is 30.4 Å². The molecule has 2 aliphatic rings. The van der Waals surface area contributed by atoms with Crippen LogP contribution in [-0.4, -0.2) is 70.0 Å². The Balaban J connectivity index is 1.65. The fraction of sp³-hybridized carbons (Fsp3) is 0.440. The molecule has 1 aliphatic carbocycles. The smallest absolute Gasteiger partial charge is 0.305 e. The summed E-state index contributed by atoms with van der Waals surface area (Å²) in [6.07, 6.45) is -4.55. The molecule has 9 heteroatoms. The van der Waals surface area contributed by atoms with Gasteiger partial charge in [0.25, 0.3) is 0 Å². The van der Waals surface area contributed by atoms with Gasteiger partial charge in [-0.15, -0.1) is 0 Å². The summed E-state index contributed by atoms with van der Waals surface area (Å²) in [6, 6.07) is 17.4. The number of aliphatic carboxylic acids is 1. The third-order valence-corrected chi connectivity index (χ3v) is 6.36. The first-order valence-electron chi connectivity index (χ1n) is 11.2. The molecule has 2 fully saturated rings. The van der Waals surface area contributed by atoms with Crippen molar-refractivity contribution in [3.05, 3.63) is 71.8 Å². The standard InChI is InChI=1S/C25H29NO8/c1-15(27)26-20-22(32-13-12-18(28)29)25(31)19(17-10-6-3-7-11-17)21(30)23(25)34-24(20)33-14-16-8-4-2-5-9-16/h2-11,19-24,30-31H,12-14H2,1H3,(H,26,27)(H,28,29)/t19?,20-,21?,22-,23-,24-,25+/m1/s1. The maximum Gasteiger partial charge on any atom is 0.305 e. The number of rotatable bonds is 9. The number of amides is 1. The first-order valence-corrected chi connectivity index (χ1v) is 11.2. The maximum absolute atomic E-state index is 12.1. The van der Waals surface area contributed by atoms with E-state index in [1.54, 1.807) is 24.3 Å². The number of carbonyl (C=O) groups is 2. The van der Waals surface area contributed by atoms with Crippen molar-refractivity contribution in [3.63, 3.8) is 0 Å². The molecule has 2 unspecified atom stereocenters. The second-order valence-electron chi connectivity index (χ2n) is 8.65. The van der Waals surface area contributed by atoms with Crippen LogP contribution in [-0.2, 0) is 30.4 Å². The van der Waals surface area contributed by atoms with Crippen LogP contribution in [0.4, 0.5) is 0 Å². The summed E-state index contributed by atoms with van der Waals surface area (Å²) in [6.45, 7) is 1.28. The zero-order valence-electron chi connectivity index (χ0n) is 18.7. The van der Waals surface area contributed by atoms with Gasteiger partial charge in [0.05, 0.1) is 25.7 Å². The van der Waals surface area contributed by atoms with E-state index in [1.165, 1.54) is 6.92 Å². The predicted molar refractivity (Wildman–Crippen MR) is 120 cm³/mol. The van der Waals surface area contributed by atoms with Gasteiger partial charge >= 0.3 is 5.97 Å². The molecule has 0 radical (unpaired) electrons. The lowest BCUT2D eigenvalue weighted by atomic mass is 9.56. The quantitative estimate of drug-likeness (QED) is 0.428. The molecule has 1 saturated heterocycles. The van der Waals surface area contributed by atoms with Crippen molar-refractivity contribution in [3.8, 4) is 0 Å². The molecule has 0 bridgehead atoms. The van der Waals surface area contributed by atoms with Crippen molar-refractivity contribution in [2.45, 2.75) is 62.1 Å². The normalized spacial score (nSPS) is 32.3.